The summed E-state index contributed by atoms with van der Waals surface area (Å²) in [5.41, 5.74) is 0.505. The highest BCUT2D eigenvalue weighted by molar-refractivity contribution is 9.10. The number of halogens is 1. The van der Waals surface area contributed by atoms with Crippen LogP contribution in [0, 0.1) is 0 Å². The van der Waals surface area contributed by atoms with E-state index in [1.165, 1.54) is 33.8 Å². The molecule has 0 bridgehead atoms. The van der Waals surface area contributed by atoms with Crippen LogP contribution in [0.4, 0.5) is 15.3 Å². The number of aromatic nitrogens is 2. The lowest BCUT2D eigenvalue weighted by molar-refractivity contribution is 0.0508. The third-order valence-electron chi connectivity index (χ3n) is 4.13. The van der Waals surface area contributed by atoms with Crippen molar-refractivity contribution in [2.24, 2.45) is 0 Å². The number of carbonyl (C=O) groups is 2. The van der Waals surface area contributed by atoms with Crippen LogP contribution in [0.3, 0.4) is 0 Å². The van der Waals surface area contributed by atoms with Gasteiger partial charge < -0.3 is 15.2 Å². The number of thiophene rings is 2. The highest BCUT2D eigenvalue weighted by Gasteiger charge is 2.24. The molecular formula is C20H23BrN4O4S2. The number of ether oxygens (including phenoxy) is 1. The van der Waals surface area contributed by atoms with Crippen molar-refractivity contribution in [3.63, 3.8) is 0 Å². The summed E-state index contributed by atoms with van der Waals surface area (Å²) in [6, 6.07) is 3.59. The molecule has 3 heterocycles. The van der Waals surface area contributed by atoms with Gasteiger partial charge in [-0.05, 0) is 55.1 Å². The summed E-state index contributed by atoms with van der Waals surface area (Å²) >= 11 is 6.51. The van der Waals surface area contributed by atoms with Crippen LogP contribution in [-0.2, 0) is 17.7 Å². The molecule has 2 amide bonds. The summed E-state index contributed by atoms with van der Waals surface area (Å²) in [5.74, 6) is 0. The largest absolute Gasteiger partial charge is 0.465 e. The third kappa shape index (κ3) is 5.92. The van der Waals surface area contributed by atoms with Crippen molar-refractivity contribution in [1.82, 2.24) is 15.5 Å². The number of rotatable bonds is 6. The number of amides is 2. The van der Waals surface area contributed by atoms with Crippen molar-refractivity contribution < 1.29 is 19.4 Å². The molecule has 0 aliphatic heterocycles. The summed E-state index contributed by atoms with van der Waals surface area (Å²) in [5, 5.41) is 22.8. The Morgan fingerprint density at radius 2 is 2.13 bits per heavy atom. The molecule has 0 saturated heterocycles. The van der Waals surface area contributed by atoms with Crippen LogP contribution in [0.5, 0.6) is 0 Å². The van der Waals surface area contributed by atoms with E-state index in [0.717, 1.165) is 18.9 Å². The predicted molar refractivity (Wildman–Crippen MR) is 126 cm³/mol. The number of hydrogen-bond donors (Lipinski definition) is 2. The van der Waals surface area contributed by atoms with Crippen molar-refractivity contribution in [1.29, 1.82) is 0 Å². The fraction of sp³-hybridized carbons (Fsp3) is 0.400. The first-order valence-electron chi connectivity index (χ1n) is 9.50. The molecule has 0 aliphatic rings. The van der Waals surface area contributed by atoms with Crippen molar-refractivity contribution in [2.75, 3.05) is 4.90 Å². The van der Waals surface area contributed by atoms with E-state index in [0.29, 0.717) is 17.6 Å². The van der Waals surface area contributed by atoms with Crippen LogP contribution >= 0.6 is 38.6 Å². The minimum atomic E-state index is -1.06. The van der Waals surface area contributed by atoms with Crippen LogP contribution in [0.25, 0.3) is 10.2 Å². The van der Waals surface area contributed by atoms with Crippen LogP contribution in [0.2, 0.25) is 0 Å². The Labute approximate surface area is 196 Å². The van der Waals surface area contributed by atoms with E-state index in [1.807, 2.05) is 45.2 Å². The van der Waals surface area contributed by atoms with Crippen molar-refractivity contribution in [3.05, 3.63) is 37.9 Å². The summed E-state index contributed by atoms with van der Waals surface area (Å²) in [6.07, 6.45) is 0.455. The summed E-state index contributed by atoms with van der Waals surface area (Å²) in [7, 11) is 0. The van der Waals surface area contributed by atoms with Crippen LogP contribution in [0.1, 0.15) is 37.4 Å². The second-order valence-electron chi connectivity index (χ2n) is 7.95. The Morgan fingerprint density at radius 1 is 1.39 bits per heavy atom. The first-order chi connectivity index (χ1) is 14.5. The number of nitrogens with one attached hydrogen (secondary N) is 1. The molecule has 31 heavy (non-hydrogen) atoms. The monoisotopic (exact) mass is 526 g/mol. The van der Waals surface area contributed by atoms with Gasteiger partial charge in [0.1, 0.15) is 11.1 Å². The molecule has 0 aliphatic carbocycles. The molecule has 2 N–H and O–H groups in total. The second-order valence-corrected chi connectivity index (χ2v) is 10.9. The Balaban J connectivity index is 1.86. The van der Waals surface area contributed by atoms with Gasteiger partial charge in [-0.3, -0.25) is 4.90 Å². The van der Waals surface area contributed by atoms with E-state index in [9.17, 15) is 14.7 Å². The van der Waals surface area contributed by atoms with Gasteiger partial charge in [0.25, 0.3) is 0 Å². The van der Waals surface area contributed by atoms with Gasteiger partial charge in [0, 0.05) is 22.2 Å². The third-order valence-corrected chi connectivity index (χ3v) is 7.34. The molecule has 0 saturated carbocycles. The van der Waals surface area contributed by atoms with E-state index in [4.69, 9.17) is 4.74 Å². The molecule has 0 aromatic carbocycles. The minimum Gasteiger partial charge on any atom is -0.465 e. The van der Waals surface area contributed by atoms with Gasteiger partial charge in [0.05, 0.1) is 27.6 Å². The summed E-state index contributed by atoms with van der Waals surface area (Å²) in [4.78, 5) is 27.2. The van der Waals surface area contributed by atoms with Crippen LogP contribution in [0.15, 0.2) is 28.2 Å². The number of nitrogens with zero attached hydrogens (tertiary/aromatic N) is 3. The van der Waals surface area contributed by atoms with Gasteiger partial charge in [0.2, 0.25) is 0 Å². The SMILES string of the molecule is C[C@@H](Cc1sc2c(N(Cc3cccs3)C(=O)O)cnnc2c1Br)NC(=O)OC(C)(C)C. The highest BCUT2D eigenvalue weighted by Crippen LogP contribution is 2.40. The van der Waals surface area contributed by atoms with Gasteiger partial charge >= 0.3 is 12.2 Å². The number of carboxylic acid groups (broad SMARTS) is 1. The fourth-order valence-corrected chi connectivity index (χ4v) is 5.67. The molecule has 0 spiro atoms. The first kappa shape index (κ1) is 23.4. The average molecular weight is 527 g/mol. The number of fused-ring (bicyclic) bond motifs is 1. The maximum atomic E-state index is 12.1. The van der Waals surface area contributed by atoms with Gasteiger partial charge in [0.15, 0.2) is 0 Å². The molecule has 1 atom stereocenters. The van der Waals surface area contributed by atoms with Crippen LogP contribution < -0.4 is 10.2 Å². The first-order valence-corrected chi connectivity index (χ1v) is 12.0. The molecule has 0 fully saturated rings. The molecule has 11 heteroatoms. The molecule has 3 rings (SSSR count). The van der Waals surface area contributed by atoms with Gasteiger partial charge in [-0.25, -0.2) is 9.59 Å². The quantitative estimate of drug-likeness (QED) is 0.429. The lowest BCUT2D eigenvalue weighted by Crippen LogP contribution is -2.38. The highest BCUT2D eigenvalue weighted by atomic mass is 79.9. The van der Waals surface area contributed by atoms with E-state index < -0.39 is 17.8 Å². The number of alkyl carbamates (subject to hydrolysis) is 1. The van der Waals surface area contributed by atoms with E-state index in [-0.39, 0.29) is 12.6 Å². The molecule has 8 nitrogen and oxygen atoms in total. The van der Waals surface area contributed by atoms with Crippen molar-refractivity contribution in [3.8, 4) is 0 Å². The van der Waals surface area contributed by atoms with Crippen LogP contribution in [-0.4, -0.2) is 39.1 Å². The fourth-order valence-electron chi connectivity index (χ4n) is 2.89. The molecule has 166 valence electrons. The van der Waals surface area contributed by atoms with Gasteiger partial charge in [-0.15, -0.1) is 27.8 Å². The Bertz CT molecular complexity index is 1080. The normalized spacial score (nSPS) is 12.5. The van der Waals surface area contributed by atoms with Gasteiger partial charge in [-0.2, -0.15) is 5.10 Å². The molecule has 3 aromatic rings. The summed E-state index contributed by atoms with van der Waals surface area (Å²) in [6.45, 7) is 7.54. The Hall–Kier alpha value is -2.24. The zero-order valence-electron chi connectivity index (χ0n) is 17.5. The topological polar surface area (TPSA) is 105 Å². The molecule has 0 unspecified atom stereocenters. The zero-order valence-corrected chi connectivity index (χ0v) is 20.7. The second kappa shape index (κ2) is 9.49. The number of anilines is 1. The minimum absolute atomic E-state index is 0.197. The number of carbonyl (C=O) groups excluding carboxylic acids is 1. The molecular weight excluding hydrogens is 504 g/mol. The number of hydrogen-bond acceptors (Lipinski definition) is 7. The predicted octanol–water partition coefficient (Wildman–Crippen LogP) is 5.66. The van der Waals surface area contributed by atoms with E-state index in [2.05, 4.69) is 31.4 Å². The Kier molecular flexibility index (Phi) is 7.17. The van der Waals surface area contributed by atoms with Crippen molar-refractivity contribution in [2.45, 2.75) is 52.3 Å². The maximum Gasteiger partial charge on any atom is 0.412 e. The average Bonchev–Trinajstić information content (AvgIpc) is 3.26. The Morgan fingerprint density at radius 3 is 2.74 bits per heavy atom. The molecule has 3 aromatic heterocycles. The van der Waals surface area contributed by atoms with Gasteiger partial charge in [-0.1, -0.05) is 6.07 Å². The zero-order chi connectivity index (χ0) is 22.8. The lowest BCUT2D eigenvalue weighted by Gasteiger charge is -2.21. The smallest absolute Gasteiger partial charge is 0.412 e. The maximum absolute atomic E-state index is 12.1. The molecule has 0 radical (unpaired) electrons. The van der Waals surface area contributed by atoms with E-state index in [1.54, 1.807) is 0 Å². The lowest BCUT2D eigenvalue weighted by atomic mass is 10.2. The van der Waals surface area contributed by atoms with Crippen molar-refractivity contribution >= 4 is 66.7 Å². The van der Waals surface area contributed by atoms with E-state index >= 15 is 0 Å². The summed E-state index contributed by atoms with van der Waals surface area (Å²) < 4.78 is 6.78. The standard InChI is InChI=1S/C20H23BrN4O4S2/c1-11(23-18(26)29-20(2,3)4)8-14-15(21)16-17(31-14)13(9-22-24-16)25(19(27)28)10-12-6-5-7-30-12/h5-7,9,11H,8,10H2,1-4H3,(H,23,26)(H,27,28)/t11-/m0/s1.